The van der Waals surface area contributed by atoms with E-state index in [9.17, 15) is 9.59 Å². The van der Waals surface area contributed by atoms with Gasteiger partial charge in [-0.1, -0.05) is 0 Å². The number of rotatable bonds is 3. The van der Waals surface area contributed by atoms with Gasteiger partial charge in [-0.15, -0.1) is 0 Å². The fraction of sp³-hybridized carbons (Fsp3) is 0.500. The van der Waals surface area contributed by atoms with Gasteiger partial charge in [0, 0.05) is 45.0 Å². The second-order valence-corrected chi connectivity index (χ2v) is 5.37. The Labute approximate surface area is 124 Å². The van der Waals surface area contributed by atoms with E-state index < -0.39 is 5.91 Å². The second kappa shape index (κ2) is 6.09. The van der Waals surface area contributed by atoms with E-state index in [2.05, 4.69) is 10.3 Å². The summed E-state index contributed by atoms with van der Waals surface area (Å²) in [5.41, 5.74) is 6.46. The van der Waals surface area contributed by atoms with Crippen molar-refractivity contribution in [1.82, 2.24) is 15.2 Å². The third kappa shape index (κ3) is 3.30. The minimum Gasteiger partial charge on any atom is -0.366 e. The Balaban J connectivity index is 2.37. The number of nitrogens with zero attached hydrogens (tertiary/aromatic N) is 3. The lowest BCUT2D eigenvalue weighted by molar-refractivity contribution is -0.130. The molecule has 0 bridgehead atoms. The number of carbonyl (C=O) groups excluding carboxylic acids is 2. The summed E-state index contributed by atoms with van der Waals surface area (Å²) >= 11 is 0. The fourth-order valence-corrected chi connectivity index (χ4v) is 2.44. The highest BCUT2D eigenvalue weighted by atomic mass is 16.2. The molecule has 1 aromatic rings. The summed E-state index contributed by atoms with van der Waals surface area (Å²) in [4.78, 5) is 31.7. The van der Waals surface area contributed by atoms with E-state index in [1.54, 1.807) is 38.1 Å². The molecule has 1 aliphatic rings. The number of nitrogens with one attached hydrogen (secondary N) is 1. The highest BCUT2D eigenvalue weighted by Gasteiger charge is 2.31. The molecule has 0 aliphatic carbocycles. The summed E-state index contributed by atoms with van der Waals surface area (Å²) < 4.78 is 0. The van der Waals surface area contributed by atoms with Crippen LogP contribution in [0.4, 0.5) is 5.82 Å². The molecule has 0 spiro atoms. The van der Waals surface area contributed by atoms with Gasteiger partial charge < -0.3 is 20.9 Å². The number of primary amides is 1. The molecule has 7 nitrogen and oxygen atoms in total. The first kappa shape index (κ1) is 15.2. The molecule has 1 aliphatic heterocycles. The Morgan fingerprint density at radius 3 is 2.76 bits per heavy atom. The van der Waals surface area contributed by atoms with Gasteiger partial charge >= 0.3 is 0 Å². The molecule has 0 radical (unpaired) electrons. The average molecular weight is 291 g/mol. The molecule has 3 N–H and O–H groups in total. The van der Waals surface area contributed by atoms with Crippen molar-refractivity contribution in [3.05, 3.63) is 23.4 Å². The van der Waals surface area contributed by atoms with Crippen LogP contribution in [0.25, 0.3) is 0 Å². The number of nitrogens with two attached hydrogens (primary N) is 1. The van der Waals surface area contributed by atoms with Gasteiger partial charge in [0.15, 0.2) is 0 Å². The van der Waals surface area contributed by atoms with E-state index in [1.807, 2.05) is 4.90 Å². The van der Waals surface area contributed by atoms with Crippen molar-refractivity contribution in [2.45, 2.75) is 13.0 Å². The lowest BCUT2D eigenvalue weighted by atomic mass is 10.1. The molecule has 1 aromatic heterocycles. The van der Waals surface area contributed by atoms with E-state index in [0.717, 1.165) is 6.54 Å². The highest BCUT2D eigenvalue weighted by molar-refractivity contribution is 5.94. The molecule has 2 amide bonds. The van der Waals surface area contributed by atoms with Crippen molar-refractivity contribution in [2.75, 3.05) is 38.6 Å². The van der Waals surface area contributed by atoms with Gasteiger partial charge in [-0.3, -0.25) is 9.59 Å². The SMILES string of the molecule is Cc1cc(C(N)=O)cc(N2CCNCC2C(=O)N(C)C)n1. The lowest BCUT2D eigenvalue weighted by Gasteiger charge is -2.37. The summed E-state index contributed by atoms with van der Waals surface area (Å²) in [5.74, 6) is 0.129. The minimum absolute atomic E-state index is 0.00568. The van der Waals surface area contributed by atoms with Crippen LogP contribution >= 0.6 is 0 Å². The van der Waals surface area contributed by atoms with Crippen LogP contribution in [-0.2, 0) is 4.79 Å². The molecule has 21 heavy (non-hydrogen) atoms. The second-order valence-electron chi connectivity index (χ2n) is 5.37. The van der Waals surface area contributed by atoms with E-state index in [-0.39, 0.29) is 11.9 Å². The molecule has 2 heterocycles. The molecular formula is C14H21N5O2. The van der Waals surface area contributed by atoms with Crippen LogP contribution in [0, 0.1) is 6.92 Å². The lowest BCUT2D eigenvalue weighted by Crippen LogP contribution is -2.58. The van der Waals surface area contributed by atoms with Gasteiger partial charge in [-0.05, 0) is 19.1 Å². The van der Waals surface area contributed by atoms with E-state index in [0.29, 0.717) is 30.2 Å². The summed E-state index contributed by atoms with van der Waals surface area (Å²) in [6, 6.07) is 2.97. The summed E-state index contributed by atoms with van der Waals surface area (Å²) in [6.07, 6.45) is 0. The van der Waals surface area contributed by atoms with Crippen molar-refractivity contribution in [2.24, 2.45) is 5.73 Å². The molecule has 1 saturated heterocycles. The van der Waals surface area contributed by atoms with Gasteiger partial charge in [0.1, 0.15) is 11.9 Å². The first-order valence-corrected chi connectivity index (χ1v) is 6.87. The van der Waals surface area contributed by atoms with Crippen molar-refractivity contribution in [3.63, 3.8) is 0 Å². The number of anilines is 1. The van der Waals surface area contributed by atoms with Gasteiger partial charge in [0.25, 0.3) is 0 Å². The molecular weight excluding hydrogens is 270 g/mol. The first-order chi connectivity index (χ1) is 9.90. The summed E-state index contributed by atoms with van der Waals surface area (Å²) in [6.45, 7) is 3.77. The molecule has 2 rings (SSSR count). The van der Waals surface area contributed by atoms with Crippen LogP contribution in [0.3, 0.4) is 0 Å². The first-order valence-electron chi connectivity index (χ1n) is 6.87. The van der Waals surface area contributed by atoms with Gasteiger partial charge in [0.05, 0.1) is 0 Å². The van der Waals surface area contributed by atoms with E-state index in [4.69, 9.17) is 5.73 Å². The van der Waals surface area contributed by atoms with Gasteiger partial charge in [-0.2, -0.15) is 0 Å². The van der Waals surface area contributed by atoms with Crippen LogP contribution in [0.15, 0.2) is 12.1 Å². The average Bonchev–Trinajstić information content (AvgIpc) is 2.45. The maximum Gasteiger partial charge on any atom is 0.248 e. The number of carbonyl (C=O) groups is 2. The van der Waals surface area contributed by atoms with Gasteiger partial charge in [-0.25, -0.2) is 4.98 Å². The Bertz CT molecular complexity index is 558. The number of aromatic nitrogens is 1. The van der Waals surface area contributed by atoms with Crippen LogP contribution in [0.2, 0.25) is 0 Å². The van der Waals surface area contributed by atoms with E-state index in [1.165, 1.54) is 0 Å². The zero-order valence-corrected chi connectivity index (χ0v) is 12.6. The number of hydrogen-bond donors (Lipinski definition) is 2. The predicted octanol–water partition coefficient (Wildman–Crippen LogP) is -0.645. The maximum atomic E-state index is 12.3. The van der Waals surface area contributed by atoms with Crippen LogP contribution in [-0.4, -0.2) is 61.5 Å². The standard InChI is InChI=1S/C14H21N5O2/c1-9-6-10(13(15)20)7-12(17-9)19-5-4-16-8-11(19)14(21)18(2)3/h6-7,11,16H,4-5,8H2,1-3H3,(H2,15,20). The number of piperazine rings is 1. The Hall–Kier alpha value is -2.15. The van der Waals surface area contributed by atoms with Crippen molar-refractivity contribution < 1.29 is 9.59 Å². The van der Waals surface area contributed by atoms with E-state index >= 15 is 0 Å². The zero-order chi connectivity index (χ0) is 15.6. The quantitative estimate of drug-likeness (QED) is 0.772. The minimum atomic E-state index is -0.493. The molecule has 0 aromatic carbocycles. The molecule has 1 fully saturated rings. The number of hydrogen-bond acceptors (Lipinski definition) is 5. The normalized spacial score (nSPS) is 18.4. The van der Waals surface area contributed by atoms with Crippen LogP contribution < -0.4 is 16.0 Å². The monoisotopic (exact) mass is 291 g/mol. The Kier molecular flexibility index (Phi) is 4.42. The largest absolute Gasteiger partial charge is 0.366 e. The molecule has 1 unspecified atom stereocenters. The highest BCUT2D eigenvalue weighted by Crippen LogP contribution is 2.19. The number of amides is 2. The zero-order valence-electron chi connectivity index (χ0n) is 12.6. The van der Waals surface area contributed by atoms with Crippen LogP contribution in [0.5, 0.6) is 0 Å². The third-order valence-electron chi connectivity index (χ3n) is 3.49. The Morgan fingerprint density at radius 1 is 1.43 bits per heavy atom. The fourth-order valence-electron chi connectivity index (χ4n) is 2.44. The summed E-state index contributed by atoms with van der Waals surface area (Å²) in [5, 5.41) is 3.21. The van der Waals surface area contributed by atoms with Crippen molar-refractivity contribution in [1.29, 1.82) is 0 Å². The summed E-state index contributed by atoms with van der Waals surface area (Å²) in [7, 11) is 3.46. The number of likely N-dealkylation sites (N-methyl/N-ethyl adjacent to an activating group) is 1. The Morgan fingerprint density at radius 2 is 2.14 bits per heavy atom. The third-order valence-corrected chi connectivity index (χ3v) is 3.49. The predicted molar refractivity (Wildman–Crippen MR) is 80.2 cm³/mol. The van der Waals surface area contributed by atoms with Crippen molar-refractivity contribution in [3.8, 4) is 0 Å². The topological polar surface area (TPSA) is 91.6 Å². The number of aryl methyl sites for hydroxylation is 1. The molecule has 0 saturated carbocycles. The molecule has 1 atom stereocenters. The molecule has 7 heteroatoms. The maximum absolute atomic E-state index is 12.3. The van der Waals surface area contributed by atoms with Gasteiger partial charge in [0.2, 0.25) is 11.8 Å². The molecule has 114 valence electrons. The number of pyridine rings is 1. The smallest absolute Gasteiger partial charge is 0.248 e. The van der Waals surface area contributed by atoms with Crippen molar-refractivity contribution >= 4 is 17.6 Å². The van der Waals surface area contributed by atoms with Crippen LogP contribution in [0.1, 0.15) is 16.1 Å².